The van der Waals surface area contributed by atoms with E-state index in [4.69, 9.17) is 12.2 Å². The molecule has 0 saturated carbocycles. The van der Waals surface area contributed by atoms with Crippen LogP contribution in [0.3, 0.4) is 0 Å². The van der Waals surface area contributed by atoms with E-state index in [0.29, 0.717) is 17.7 Å². The Morgan fingerprint density at radius 1 is 1.60 bits per heavy atom. The summed E-state index contributed by atoms with van der Waals surface area (Å²) >= 11 is 6.83. The molecule has 2 aromatic rings. The van der Waals surface area contributed by atoms with Crippen LogP contribution in [0.25, 0.3) is 10.7 Å². The van der Waals surface area contributed by atoms with Crippen molar-refractivity contribution in [1.82, 2.24) is 20.1 Å². The Labute approximate surface area is 127 Å². The second-order valence-electron chi connectivity index (χ2n) is 4.43. The molecule has 2 aromatic heterocycles. The highest BCUT2D eigenvalue weighted by Crippen LogP contribution is 2.22. The average molecular weight is 310 g/mol. The van der Waals surface area contributed by atoms with Crippen LogP contribution in [0.4, 0.5) is 0 Å². The Morgan fingerprint density at radius 3 is 3.15 bits per heavy atom. The highest BCUT2D eigenvalue weighted by Gasteiger charge is 2.11. The minimum absolute atomic E-state index is 0.0543. The molecule has 2 heterocycles. The van der Waals surface area contributed by atoms with Crippen molar-refractivity contribution in [2.24, 2.45) is 0 Å². The lowest BCUT2D eigenvalue weighted by Crippen LogP contribution is -2.25. The molecule has 2 rings (SSSR count). The smallest absolute Gasteiger partial charge is 0.221 e. The molecule has 0 unspecified atom stereocenters. The van der Waals surface area contributed by atoms with Crippen LogP contribution in [0, 0.1) is 4.77 Å². The summed E-state index contributed by atoms with van der Waals surface area (Å²) in [6.07, 6.45) is 2.50. The number of H-pyrrole nitrogens is 1. The summed E-state index contributed by atoms with van der Waals surface area (Å²) in [6.45, 7) is 3.38. The molecule has 0 aromatic carbocycles. The van der Waals surface area contributed by atoms with Crippen molar-refractivity contribution >= 4 is 29.5 Å². The Bertz CT molecular complexity index is 600. The van der Waals surface area contributed by atoms with Crippen molar-refractivity contribution < 1.29 is 4.79 Å². The van der Waals surface area contributed by atoms with Gasteiger partial charge in [-0.25, -0.2) is 0 Å². The summed E-state index contributed by atoms with van der Waals surface area (Å²) in [7, 11) is 0. The SMILES string of the molecule is CCCCNC(=O)CCn1c(-c2cccs2)n[nH]c1=S. The van der Waals surface area contributed by atoms with E-state index in [2.05, 4.69) is 22.4 Å². The molecule has 0 atom stereocenters. The first-order chi connectivity index (χ1) is 9.72. The number of rotatable bonds is 7. The Hall–Kier alpha value is -1.47. The van der Waals surface area contributed by atoms with E-state index in [1.165, 1.54) is 0 Å². The molecule has 20 heavy (non-hydrogen) atoms. The second kappa shape index (κ2) is 7.35. The Morgan fingerprint density at radius 2 is 2.45 bits per heavy atom. The standard InChI is InChI=1S/C13H18N4OS2/c1-2-3-7-14-11(18)6-8-17-12(15-16-13(17)19)10-5-4-9-20-10/h4-5,9H,2-3,6-8H2,1H3,(H,14,18)(H,16,19). The van der Waals surface area contributed by atoms with Gasteiger partial charge < -0.3 is 5.32 Å². The summed E-state index contributed by atoms with van der Waals surface area (Å²) in [5.41, 5.74) is 0. The number of carbonyl (C=O) groups is 1. The number of aromatic nitrogens is 3. The fourth-order valence-electron chi connectivity index (χ4n) is 1.83. The first-order valence-corrected chi connectivity index (χ1v) is 7.97. The number of hydrogen-bond acceptors (Lipinski definition) is 4. The minimum Gasteiger partial charge on any atom is -0.356 e. The number of nitrogens with zero attached hydrogens (tertiary/aromatic N) is 2. The number of aromatic amines is 1. The maximum Gasteiger partial charge on any atom is 0.221 e. The zero-order chi connectivity index (χ0) is 14.4. The highest BCUT2D eigenvalue weighted by atomic mass is 32.1. The maximum atomic E-state index is 11.7. The normalized spacial score (nSPS) is 10.7. The quantitative estimate of drug-likeness (QED) is 0.610. The third-order valence-electron chi connectivity index (χ3n) is 2.91. The predicted molar refractivity (Wildman–Crippen MR) is 83.3 cm³/mol. The summed E-state index contributed by atoms with van der Waals surface area (Å²) in [5.74, 6) is 0.852. The molecule has 7 heteroatoms. The highest BCUT2D eigenvalue weighted by molar-refractivity contribution is 7.71. The largest absolute Gasteiger partial charge is 0.356 e. The lowest BCUT2D eigenvalue weighted by molar-refractivity contribution is -0.121. The van der Waals surface area contributed by atoms with Crippen molar-refractivity contribution in [2.45, 2.75) is 32.7 Å². The van der Waals surface area contributed by atoms with Crippen LogP contribution in [-0.2, 0) is 11.3 Å². The van der Waals surface area contributed by atoms with Crippen molar-refractivity contribution in [3.8, 4) is 10.7 Å². The van der Waals surface area contributed by atoms with Crippen LogP contribution in [0.1, 0.15) is 26.2 Å². The Kier molecular flexibility index (Phi) is 5.49. The summed E-state index contributed by atoms with van der Waals surface area (Å²) < 4.78 is 2.43. The van der Waals surface area contributed by atoms with Gasteiger partial charge in [0.25, 0.3) is 0 Å². The molecular weight excluding hydrogens is 292 g/mol. The number of hydrogen-bond donors (Lipinski definition) is 2. The van der Waals surface area contributed by atoms with E-state index < -0.39 is 0 Å². The molecule has 108 valence electrons. The molecule has 0 spiro atoms. The summed E-state index contributed by atoms with van der Waals surface area (Å²) in [5, 5.41) is 11.9. The van der Waals surface area contributed by atoms with Gasteiger partial charge in [0.05, 0.1) is 4.88 Å². The van der Waals surface area contributed by atoms with Crippen molar-refractivity contribution in [3.63, 3.8) is 0 Å². The average Bonchev–Trinajstić information content (AvgIpc) is 3.06. The van der Waals surface area contributed by atoms with Gasteiger partial charge in [-0.2, -0.15) is 5.10 Å². The monoisotopic (exact) mass is 310 g/mol. The number of amides is 1. The van der Waals surface area contributed by atoms with Gasteiger partial charge in [0.1, 0.15) is 0 Å². The van der Waals surface area contributed by atoms with Crippen LogP contribution in [0.15, 0.2) is 17.5 Å². The first-order valence-electron chi connectivity index (χ1n) is 6.68. The fraction of sp³-hybridized carbons (Fsp3) is 0.462. The van der Waals surface area contributed by atoms with Crippen LogP contribution in [0.2, 0.25) is 0 Å². The third kappa shape index (κ3) is 3.77. The van der Waals surface area contributed by atoms with Gasteiger partial charge in [0.2, 0.25) is 5.91 Å². The van der Waals surface area contributed by atoms with E-state index in [0.717, 1.165) is 30.1 Å². The molecule has 0 radical (unpaired) electrons. The molecule has 0 saturated heterocycles. The lowest BCUT2D eigenvalue weighted by Gasteiger charge is -2.06. The van der Waals surface area contributed by atoms with Crippen LogP contribution in [-0.4, -0.2) is 27.2 Å². The molecule has 2 N–H and O–H groups in total. The zero-order valence-electron chi connectivity index (χ0n) is 11.4. The third-order valence-corrected chi connectivity index (χ3v) is 4.09. The number of nitrogens with one attached hydrogen (secondary N) is 2. The first kappa shape index (κ1) is 14.9. The van der Waals surface area contributed by atoms with E-state index >= 15 is 0 Å². The number of carbonyl (C=O) groups excluding carboxylic acids is 1. The predicted octanol–water partition coefficient (Wildman–Crippen LogP) is 2.98. The Balaban J connectivity index is 1.98. The van der Waals surface area contributed by atoms with Gasteiger partial charge in [-0.15, -0.1) is 11.3 Å². The molecular formula is C13H18N4OS2. The van der Waals surface area contributed by atoms with Crippen LogP contribution in [0.5, 0.6) is 0 Å². The summed E-state index contributed by atoms with van der Waals surface area (Å²) in [6, 6.07) is 3.97. The van der Waals surface area contributed by atoms with E-state index in [1.807, 2.05) is 22.1 Å². The molecule has 1 amide bonds. The molecule has 0 aliphatic heterocycles. The van der Waals surface area contributed by atoms with E-state index in [-0.39, 0.29) is 5.91 Å². The fourth-order valence-corrected chi connectivity index (χ4v) is 2.77. The van der Waals surface area contributed by atoms with Gasteiger partial charge in [0, 0.05) is 19.5 Å². The molecule has 0 bridgehead atoms. The summed E-state index contributed by atoms with van der Waals surface area (Å²) in [4.78, 5) is 12.8. The number of thiophene rings is 1. The molecule has 0 fully saturated rings. The van der Waals surface area contributed by atoms with Crippen LogP contribution >= 0.6 is 23.6 Å². The van der Waals surface area contributed by atoms with E-state index in [9.17, 15) is 4.79 Å². The van der Waals surface area contributed by atoms with Crippen LogP contribution < -0.4 is 5.32 Å². The van der Waals surface area contributed by atoms with Crippen molar-refractivity contribution in [1.29, 1.82) is 0 Å². The molecule has 0 aliphatic carbocycles. The number of unbranched alkanes of at least 4 members (excludes halogenated alkanes) is 1. The minimum atomic E-state index is 0.0543. The maximum absolute atomic E-state index is 11.7. The van der Waals surface area contributed by atoms with Gasteiger partial charge in [0.15, 0.2) is 10.6 Å². The van der Waals surface area contributed by atoms with Crippen molar-refractivity contribution in [2.75, 3.05) is 6.54 Å². The van der Waals surface area contributed by atoms with Gasteiger partial charge in [-0.05, 0) is 30.1 Å². The zero-order valence-corrected chi connectivity index (χ0v) is 13.0. The van der Waals surface area contributed by atoms with Gasteiger partial charge in [-0.1, -0.05) is 19.4 Å². The second-order valence-corrected chi connectivity index (χ2v) is 5.77. The topological polar surface area (TPSA) is 62.7 Å². The molecule has 0 aliphatic rings. The van der Waals surface area contributed by atoms with Gasteiger partial charge in [-0.3, -0.25) is 14.5 Å². The lowest BCUT2D eigenvalue weighted by atomic mass is 10.3. The van der Waals surface area contributed by atoms with Gasteiger partial charge >= 0.3 is 0 Å². The molecule has 5 nitrogen and oxygen atoms in total. The van der Waals surface area contributed by atoms with E-state index in [1.54, 1.807) is 11.3 Å². The van der Waals surface area contributed by atoms with Crippen molar-refractivity contribution in [3.05, 3.63) is 22.3 Å².